The highest BCUT2D eigenvalue weighted by Gasteiger charge is 1.90. The summed E-state index contributed by atoms with van der Waals surface area (Å²) in [5.41, 5.74) is 0. The van der Waals surface area contributed by atoms with E-state index in [4.69, 9.17) is 0 Å². The van der Waals surface area contributed by atoms with Gasteiger partial charge >= 0.3 is 0 Å². The molecule has 10 heavy (non-hydrogen) atoms. The zero-order valence-electron chi connectivity index (χ0n) is 5.75. The normalized spacial score (nSPS) is 9.70. The number of hydrogen-bond donors (Lipinski definition) is 1. The molecule has 0 saturated carbocycles. The second kappa shape index (κ2) is 3.95. The lowest BCUT2D eigenvalue weighted by Crippen LogP contribution is -2.09. The highest BCUT2D eigenvalue weighted by Crippen LogP contribution is 1.86. The molecule has 0 amide bonds. The minimum absolute atomic E-state index is 0.823. The van der Waals surface area contributed by atoms with Crippen molar-refractivity contribution >= 4 is 0 Å². The Hall–Kier alpha value is -0.960. The Balaban J connectivity index is 2.43. The smallest absolute Gasteiger partial charge is 0.129 e. The second-order valence-corrected chi connectivity index (χ2v) is 1.92. The topological polar surface area (TPSA) is 37.8 Å². The highest BCUT2D eigenvalue weighted by molar-refractivity contribution is 4.88. The van der Waals surface area contributed by atoms with E-state index in [1.807, 2.05) is 0 Å². The molecule has 0 aliphatic heterocycles. The first-order valence-corrected chi connectivity index (χ1v) is 3.19. The molecule has 1 aromatic heterocycles. The van der Waals surface area contributed by atoms with E-state index in [-0.39, 0.29) is 0 Å². The van der Waals surface area contributed by atoms with Crippen molar-refractivity contribution in [2.45, 2.75) is 6.42 Å². The monoisotopic (exact) mass is 136 g/mol. The summed E-state index contributed by atoms with van der Waals surface area (Å²) >= 11 is 0. The van der Waals surface area contributed by atoms with Gasteiger partial charge in [-0.15, -0.1) is 0 Å². The van der Waals surface area contributed by atoms with E-state index in [9.17, 15) is 0 Å². The van der Waals surface area contributed by atoms with Gasteiger partial charge in [-0.25, -0.2) is 9.97 Å². The van der Waals surface area contributed by atoms with E-state index in [1.54, 1.807) is 18.5 Å². The first kappa shape index (κ1) is 7.15. The molecule has 1 heterocycles. The van der Waals surface area contributed by atoms with Crippen LogP contribution in [0.1, 0.15) is 5.82 Å². The Kier molecular flexibility index (Phi) is 2.83. The molecule has 0 unspecified atom stereocenters. The predicted molar refractivity (Wildman–Crippen MR) is 39.1 cm³/mol. The SMILES string of the molecule is [CH2]NCCc1ncccn1. The zero-order chi connectivity index (χ0) is 7.23. The van der Waals surface area contributed by atoms with Crippen molar-refractivity contribution in [3.63, 3.8) is 0 Å². The number of rotatable bonds is 3. The second-order valence-electron chi connectivity index (χ2n) is 1.92. The van der Waals surface area contributed by atoms with E-state index in [1.165, 1.54) is 0 Å². The molecule has 0 aliphatic rings. The van der Waals surface area contributed by atoms with Crippen LogP contribution in [0.3, 0.4) is 0 Å². The summed E-state index contributed by atoms with van der Waals surface area (Å²) in [6.45, 7) is 0.823. The Labute approximate surface area is 60.5 Å². The summed E-state index contributed by atoms with van der Waals surface area (Å²) in [7, 11) is 3.50. The molecule has 0 aromatic carbocycles. The zero-order valence-corrected chi connectivity index (χ0v) is 5.75. The van der Waals surface area contributed by atoms with Gasteiger partial charge in [-0.3, -0.25) is 0 Å². The number of hydrogen-bond acceptors (Lipinski definition) is 3. The molecule has 1 N–H and O–H groups in total. The van der Waals surface area contributed by atoms with Gasteiger partial charge < -0.3 is 5.32 Å². The third kappa shape index (κ3) is 2.11. The summed E-state index contributed by atoms with van der Waals surface area (Å²) in [5.74, 6) is 0.860. The Morgan fingerprint density at radius 2 is 2.10 bits per heavy atom. The fraction of sp³-hybridized carbons (Fsp3) is 0.286. The molecule has 0 bridgehead atoms. The molecular formula is C7H10N3. The van der Waals surface area contributed by atoms with E-state index >= 15 is 0 Å². The molecule has 0 atom stereocenters. The van der Waals surface area contributed by atoms with Crippen molar-refractivity contribution in [1.82, 2.24) is 15.3 Å². The van der Waals surface area contributed by atoms with E-state index in [2.05, 4.69) is 22.3 Å². The Morgan fingerprint density at radius 1 is 1.40 bits per heavy atom. The van der Waals surface area contributed by atoms with Crippen LogP contribution in [0.15, 0.2) is 18.5 Å². The lowest BCUT2D eigenvalue weighted by atomic mass is 10.4. The standard InChI is InChI=1S/C7H10N3/c1-8-6-3-7-9-4-2-5-10-7/h2,4-5,8H,1,3,6H2. The van der Waals surface area contributed by atoms with Crippen LogP contribution in [-0.2, 0) is 6.42 Å². The van der Waals surface area contributed by atoms with Crippen LogP contribution in [0, 0.1) is 7.05 Å². The lowest BCUT2D eigenvalue weighted by Gasteiger charge is -1.95. The average Bonchev–Trinajstić information content (AvgIpc) is 2.03. The molecule has 0 saturated heterocycles. The number of aromatic nitrogens is 2. The molecule has 1 aromatic rings. The van der Waals surface area contributed by atoms with Gasteiger partial charge in [0.1, 0.15) is 5.82 Å². The van der Waals surface area contributed by atoms with Crippen molar-refractivity contribution < 1.29 is 0 Å². The Bertz CT molecular complexity index is 173. The minimum atomic E-state index is 0.823. The van der Waals surface area contributed by atoms with Crippen molar-refractivity contribution in [3.05, 3.63) is 31.3 Å². The van der Waals surface area contributed by atoms with Crippen molar-refractivity contribution in [1.29, 1.82) is 0 Å². The average molecular weight is 136 g/mol. The van der Waals surface area contributed by atoms with Gasteiger partial charge in [0.05, 0.1) is 0 Å². The van der Waals surface area contributed by atoms with Gasteiger partial charge in [0.2, 0.25) is 0 Å². The van der Waals surface area contributed by atoms with Crippen LogP contribution >= 0.6 is 0 Å². The van der Waals surface area contributed by atoms with Gasteiger partial charge in [-0.1, -0.05) is 0 Å². The van der Waals surface area contributed by atoms with Crippen molar-refractivity contribution in [2.24, 2.45) is 0 Å². The fourth-order valence-corrected chi connectivity index (χ4v) is 0.659. The predicted octanol–water partition coefficient (Wildman–Crippen LogP) is 0.400. The highest BCUT2D eigenvalue weighted by atomic mass is 14.9. The first-order valence-electron chi connectivity index (χ1n) is 3.19. The molecule has 3 heteroatoms. The Morgan fingerprint density at radius 3 is 2.70 bits per heavy atom. The van der Waals surface area contributed by atoms with Gasteiger partial charge in [-0.2, -0.15) is 0 Å². The molecule has 0 spiro atoms. The molecule has 1 rings (SSSR count). The summed E-state index contributed by atoms with van der Waals surface area (Å²) in [6.07, 6.45) is 4.32. The molecule has 0 fully saturated rings. The molecule has 3 nitrogen and oxygen atoms in total. The van der Waals surface area contributed by atoms with Crippen LogP contribution in [0.4, 0.5) is 0 Å². The minimum Gasteiger partial charge on any atom is -0.315 e. The lowest BCUT2D eigenvalue weighted by molar-refractivity contribution is 0.782. The maximum atomic E-state index is 4.04. The van der Waals surface area contributed by atoms with Crippen LogP contribution < -0.4 is 5.32 Å². The fourth-order valence-electron chi connectivity index (χ4n) is 0.659. The van der Waals surface area contributed by atoms with Crippen LogP contribution in [-0.4, -0.2) is 16.5 Å². The third-order valence-corrected chi connectivity index (χ3v) is 1.14. The van der Waals surface area contributed by atoms with Crippen LogP contribution in [0.2, 0.25) is 0 Å². The number of nitrogens with one attached hydrogen (secondary N) is 1. The summed E-state index contributed by atoms with van der Waals surface area (Å²) in [6, 6.07) is 1.81. The third-order valence-electron chi connectivity index (χ3n) is 1.14. The number of nitrogens with zero attached hydrogens (tertiary/aromatic N) is 2. The molecule has 0 aliphatic carbocycles. The van der Waals surface area contributed by atoms with Gasteiger partial charge in [0.15, 0.2) is 0 Å². The maximum absolute atomic E-state index is 4.04. The van der Waals surface area contributed by atoms with Crippen LogP contribution in [0.5, 0.6) is 0 Å². The van der Waals surface area contributed by atoms with Crippen molar-refractivity contribution in [3.8, 4) is 0 Å². The molecule has 53 valence electrons. The van der Waals surface area contributed by atoms with Gasteiger partial charge in [0, 0.05) is 32.4 Å². The summed E-state index contributed by atoms with van der Waals surface area (Å²) in [4.78, 5) is 8.07. The van der Waals surface area contributed by atoms with E-state index < -0.39 is 0 Å². The molecular weight excluding hydrogens is 126 g/mol. The summed E-state index contributed by atoms with van der Waals surface area (Å²) < 4.78 is 0. The largest absolute Gasteiger partial charge is 0.315 e. The first-order chi connectivity index (χ1) is 4.93. The van der Waals surface area contributed by atoms with E-state index in [0.29, 0.717) is 0 Å². The maximum Gasteiger partial charge on any atom is 0.129 e. The van der Waals surface area contributed by atoms with Gasteiger partial charge in [0.25, 0.3) is 0 Å². The van der Waals surface area contributed by atoms with Gasteiger partial charge in [-0.05, 0) is 6.07 Å². The quantitative estimate of drug-likeness (QED) is 0.653. The van der Waals surface area contributed by atoms with Crippen molar-refractivity contribution in [2.75, 3.05) is 6.54 Å². The van der Waals surface area contributed by atoms with E-state index in [0.717, 1.165) is 18.8 Å². The molecule has 1 radical (unpaired) electrons. The summed E-state index contributed by atoms with van der Waals surface area (Å²) in [5, 5.41) is 2.79. The van der Waals surface area contributed by atoms with Crippen LogP contribution in [0.25, 0.3) is 0 Å².